The highest BCUT2D eigenvalue weighted by atomic mass is 19.3. The monoisotopic (exact) mass is 473 g/mol. The summed E-state index contributed by atoms with van der Waals surface area (Å²) in [4.78, 5) is 13.2. The zero-order chi connectivity index (χ0) is 24.5. The molecule has 0 saturated heterocycles. The van der Waals surface area contributed by atoms with Crippen molar-refractivity contribution < 1.29 is 27.4 Å². The van der Waals surface area contributed by atoms with E-state index in [-0.39, 0.29) is 22.7 Å². The lowest BCUT2D eigenvalue weighted by Crippen LogP contribution is -2.28. The van der Waals surface area contributed by atoms with Crippen molar-refractivity contribution in [2.45, 2.75) is 57.3 Å². The summed E-state index contributed by atoms with van der Waals surface area (Å²) in [6, 6.07) is 9.34. The maximum absolute atomic E-state index is 15.1. The Morgan fingerprint density at radius 1 is 1.12 bits per heavy atom. The number of amides is 1. The van der Waals surface area contributed by atoms with Gasteiger partial charge in [0.25, 0.3) is 0 Å². The fraction of sp³-hybridized carbons (Fsp3) is 0.400. The van der Waals surface area contributed by atoms with Crippen molar-refractivity contribution in [1.29, 1.82) is 0 Å². The average Bonchev–Trinajstić information content (AvgIpc) is 3.37. The first-order valence-electron chi connectivity index (χ1n) is 11.2. The Morgan fingerprint density at radius 2 is 1.82 bits per heavy atom. The van der Waals surface area contributed by atoms with Crippen molar-refractivity contribution in [1.82, 2.24) is 4.57 Å². The van der Waals surface area contributed by atoms with Crippen molar-refractivity contribution >= 4 is 22.5 Å². The molecule has 5 rings (SSSR count). The minimum atomic E-state index is -3.73. The van der Waals surface area contributed by atoms with Gasteiger partial charge in [0.05, 0.1) is 16.6 Å². The Kier molecular flexibility index (Phi) is 4.91. The molecule has 1 aromatic heterocycles. The number of nitrogens with one attached hydrogen (secondary N) is 1. The summed E-state index contributed by atoms with van der Waals surface area (Å²) < 4.78 is 52.9. The van der Waals surface area contributed by atoms with Crippen LogP contribution >= 0.6 is 0 Å². The van der Waals surface area contributed by atoms with E-state index in [0.29, 0.717) is 31.4 Å². The number of fused-ring (bicyclic) bond motifs is 2. The highest BCUT2D eigenvalue weighted by Crippen LogP contribution is 2.52. The molecular formula is C25H26F3N3O3. The van der Waals surface area contributed by atoms with E-state index in [9.17, 15) is 13.6 Å². The maximum Gasteiger partial charge on any atom is 0.586 e. The molecule has 0 unspecified atom stereocenters. The zero-order valence-corrected chi connectivity index (χ0v) is 19.2. The number of benzene rings is 2. The number of halogens is 3. The second kappa shape index (κ2) is 7.40. The van der Waals surface area contributed by atoms with Gasteiger partial charge in [0, 0.05) is 22.7 Å². The Bertz CT molecular complexity index is 1310. The molecule has 2 aromatic carbocycles. The molecule has 0 atom stereocenters. The molecule has 2 heterocycles. The van der Waals surface area contributed by atoms with E-state index in [1.165, 1.54) is 18.2 Å². The first kappa shape index (κ1) is 22.6. The quantitative estimate of drug-likeness (QED) is 0.545. The van der Waals surface area contributed by atoms with Crippen LogP contribution in [0, 0.1) is 5.82 Å². The van der Waals surface area contributed by atoms with E-state index in [1.54, 1.807) is 12.1 Å². The molecule has 2 aliphatic rings. The smallest absolute Gasteiger partial charge is 0.395 e. The molecule has 3 N–H and O–H groups in total. The van der Waals surface area contributed by atoms with Gasteiger partial charge in [0.15, 0.2) is 11.5 Å². The number of hydrogen-bond acceptors (Lipinski definition) is 4. The van der Waals surface area contributed by atoms with Crippen LogP contribution in [0.5, 0.6) is 11.5 Å². The SMILES string of the molecule is CC(C)(C)n1c(CCN)cc2cc(NC(=O)C3(c4ccc5c(c4)OC(F)(F)O5)CC3)c(F)cc21. The molecule has 1 saturated carbocycles. The third kappa shape index (κ3) is 3.68. The fourth-order valence-corrected chi connectivity index (χ4v) is 4.77. The van der Waals surface area contributed by atoms with E-state index >= 15 is 4.39 Å². The van der Waals surface area contributed by atoms with E-state index in [4.69, 9.17) is 5.73 Å². The normalized spacial score (nSPS) is 17.7. The topological polar surface area (TPSA) is 78.5 Å². The van der Waals surface area contributed by atoms with Crippen molar-refractivity contribution in [3.8, 4) is 11.5 Å². The lowest BCUT2D eigenvalue weighted by atomic mass is 9.94. The first-order chi connectivity index (χ1) is 15.9. The minimum absolute atomic E-state index is 0.0707. The van der Waals surface area contributed by atoms with Gasteiger partial charge in [0.1, 0.15) is 5.82 Å². The second-order valence-electron chi connectivity index (χ2n) is 9.94. The predicted octanol–water partition coefficient (Wildman–Crippen LogP) is 5.03. The third-order valence-electron chi connectivity index (χ3n) is 6.42. The lowest BCUT2D eigenvalue weighted by molar-refractivity contribution is -0.286. The molecule has 0 spiro atoms. The molecule has 0 radical (unpaired) electrons. The van der Waals surface area contributed by atoms with Crippen LogP contribution in [0.15, 0.2) is 36.4 Å². The molecule has 1 amide bonds. The summed E-state index contributed by atoms with van der Waals surface area (Å²) in [7, 11) is 0. The van der Waals surface area contributed by atoms with E-state index < -0.39 is 23.4 Å². The van der Waals surface area contributed by atoms with Gasteiger partial charge in [-0.1, -0.05) is 6.07 Å². The Hall–Kier alpha value is -3.20. The van der Waals surface area contributed by atoms with Crippen LogP contribution < -0.4 is 20.5 Å². The first-order valence-corrected chi connectivity index (χ1v) is 11.2. The number of anilines is 1. The maximum atomic E-state index is 15.1. The number of nitrogens with two attached hydrogens (primary N) is 1. The Balaban J connectivity index is 1.46. The molecule has 180 valence electrons. The van der Waals surface area contributed by atoms with Gasteiger partial charge in [-0.2, -0.15) is 0 Å². The average molecular weight is 473 g/mol. The summed E-state index contributed by atoms with van der Waals surface area (Å²) in [5.41, 5.74) is 6.88. The molecule has 34 heavy (non-hydrogen) atoms. The highest BCUT2D eigenvalue weighted by molar-refractivity contribution is 6.02. The lowest BCUT2D eigenvalue weighted by Gasteiger charge is -2.26. The molecular weight excluding hydrogens is 447 g/mol. The Labute approximate surface area is 194 Å². The number of hydrogen-bond donors (Lipinski definition) is 2. The molecule has 6 nitrogen and oxygen atoms in total. The van der Waals surface area contributed by atoms with Gasteiger partial charge >= 0.3 is 6.29 Å². The van der Waals surface area contributed by atoms with Crippen molar-refractivity contribution in [3.63, 3.8) is 0 Å². The fourth-order valence-electron chi connectivity index (χ4n) is 4.77. The second-order valence-corrected chi connectivity index (χ2v) is 9.94. The molecule has 1 aliphatic carbocycles. The molecule has 1 aliphatic heterocycles. The van der Waals surface area contributed by atoms with Crippen LogP contribution in [0.4, 0.5) is 18.9 Å². The van der Waals surface area contributed by atoms with Gasteiger partial charge < -0.3 is 25.1 Å². The van der Waals surface area contributed by atoms with Crippen molar-refractivity contribution in [2.75, 3.05) is 11.9 Å². The zero-order valence-electron chi connectivity index (χ0n) is 19.2. The third-order valence-corrected chi connectivity index (χ3v) is 6.42. The minimum Gasteiger partial charge on any atom is -0.395 e. The summed E-state index contributed by atoms with van der Waals surface area (Å²) in [5.74, 6) is -1.15. The molecule has 0 bridgehead atoms. The number of nitrogens with zero attached hydrogens (tertiary/aromatic N) is 1. The van der Waals surface area contributed by atoms with Gasteiger partial charge in [-0.3, -0.25) is 4.79 Å². The van der Waals surface area contributed by atoms with Crippen LogP contribution in [-0.4, -0.2) is 23.3 Å². The van der Waals surface area contributed by atoms with Crippen molar-refractivity contribution in [2.24, 2.45) is 5.73 Å². The Morgan fingerprint density at radius 3 is 2.47 bits per heavy atom. The van der Waals surface area contributed by atoms with Gasteiger partial charge in [-0.05, 0) is 76.4 Å². The summed E-state index contributed by atoms with van der Waals surface area (Å²) in [6.45, 7) is 6.58. The molecule has 3 aromatic rings. The standard InChI is InChI=1S/C25H26F3N3O3/c1-23(2,3)31-16(6-9-29)10-14-11-18(17(26)13-19(14)31)30-22(32)24(7-8-24)15-4-5-20-21(12-15)34-25(27,28)33-20/h4-5,10-13H,6-9,29H2,1-3H3,(H,30,32). The largest absolute Gasteiger partial charge is 0.586 e. The molecule has 1 fully saturated rings. The highest BCUT2D eigenvalue weighted by Gasteiger charge is 2.53. The number of carbonyl (C=O) groups is 1. The van der Waals surface area contributed by atoms with Crippen LogP contribution in [0.25, 0.3) is 10.9 Å². The predicted molar refractivity (Wildman–Crippen MR) is 122 cm³/mol. The number of carbonyl (C=O) groups excluding carboxylic acids is 1. The van der Waals surface area contributed by atoms with Crippen molar-refractivity contribution in [3.05, 3.63) is 53.5 Å². The van der Waals surface area contributed by atoms with Gasteiger partial charge in [-0.25, -0.2) is 4.39 Å². The molecule has 9 heteroatoms. The summed E-state index contributed by atoms with van der Waals surface area (Å²) in [5, 5.41) is 3.52. The van der Waals surface area contributed by atoms with E-state index in [1.807, 2.05) is 26.8 Å². The number of alkyl halides is 2. The van der Waals surface area contributed by atoms with E-state index in [2.05, 4.69) is 19.4 Å². The van der Waals surface area contributed by atoms with Gasteiger partial charge in [0.2, 0.25) is 5.91 Å². The van der Waals surface area contributed by atoms with Crippen LogP contribution in [0.1, 0.15) is 44.9 Å². The van der Waals surface area contributed by atoms with Crippen LogP contribution in [0.3, 0.4) is 0 Å². The summed E-state index contributed by atoms with van der Waals surface area (Å²) >= 11 is 0. The summed E-state index contributed by atoms with van der Waals surface area (Å²) in [6.07, 6.45) is -2.06. The van der Waals surface area contributed by atoms with Crippen LogP contribution in [-0.2, 0) is 22.2 Å². The number of ether oxygens (including phenoxy) is 2. The van der Waals surface area contributed by atoms with Gasteiger partial charge in [-0.15, -0.1) is 8.78 Å². The number of aromatic nitrogens is 1. The van der Waals surface area contributed by atoms with E-state index in [0.717, 1.165) is 16.6 Å². The van der Waals surface area contributed by atoms with Crippen LogP contribution in [0.2, 0.25) is 0 Å². The number of rotatable bonds is 5.